The number of ether oxygens (including phenoxy) is 1. The van der Waals surface area contributed by atoms with Gasteiger partial charge in [0.2, 0.25) is 0 Å². The van der Waals surface area contributed by atoms with Gasteiger partial charge in [-0.25, -0.2) is 4.79 Å². The fourth-order valence-corrected chi connectivity index (χ4v) is 2.74. The van der Waals surface area contributed by atoms with Gasteiger partial charge in [-0.15, -0.1) is 0 Å². The third-order valence-corrected chi connectivity index (χ3v) is 4.07. The van der Waals surface area contributed by atoms with E-state index in [4.69, 9.17) is 4.74 Å². The molecule has 2 N–H and O–H groups in total. The van der Waals surface area contributed by atoms with Crippen LogP contribution in [0.2, 0.25) is 0 Å². The first-order valence-corrected chi connectivity index (χ1v) is 8.48. The van der Waals surface area contributed by atoms with Crippen LogP contribution in [-0.2, 0) is 11.3 Å². The number of hydrogen-bond acceptors (Lipinski definition) is 5. The molecule has 1 aliphatic heterocycles. The summed E-state index contributed by atoms with van der Waals surface area (Å²) in [5, 5.41) is 11.2. The maximum atomic E-state index is 11.9. The monoisotopic (exact) mass is 322 g/mol. The molecule has 6 nitrogen and oxygen atoms in total. The number of hydrogen-bond donors (Lipinski definition) is 2. The van der Waals surface area contributed by atoms with Crippen molar-refractivity contribution in [3.8, 4) is 0 Å². The van der Waals surface area contributed by atoms with E-state index < -0.39 is 11.7 Å². The second-order valence-corrected chi connectivity index (χ2v) is 7.69. The van der Waals surface area contributed by atoms with E-state index in [-0.39, 0.29) is 0 Å². The van der Waals surface area contributed by atoms with Crippen LogP contribution in [0, 0.1) is 5.92 Å². The standard InChI is InChI=1S/C17H30N4O2/c1-12(2)15-7-6-14(10-19-15)18-8-13-9-20-21(11-13)16(22)23-17(3,4)5/h9,11-12,14-15,18-19H,6-8,10H2,1-5H3. The summed E-state index contributed by atoms with van der Waals surface area (Å²) in [6.07, 6.45) is 5.38. The zero-order valence-corrected chi connectivity index (χ0v) is 14.9. The highest BCUT2D eigenvalue weighted by Gasteiger charge is 2.22. The fraction of sp³-hybridized carbons (Fsp3) is 0.765. The molecule has 23 heavy (non-hydrogen) atoms. The number of nitrogens with zero attached hydrogens (tertiary/aromatic N) is 2. The van der Waals surface area contributed by atoms with E-state index in [1.807, 2.05) is 20.8 Å². The lowest BCUT2D eigenvalue weighted by Gasteiger charge is -2.32. The molecular formula is C17H30N4O2. The van der Waals surface area contributed by atoms with Gasteiger partial charge in [0.05, 0.1) is 6.20 Å². The maximum Gasteiger partial charge on any atom is 0.435 e. The molecular weight excluding hydrogens is 292 g/mol. The van der Waals surface area contributed by atoms with Crippen molar-refractivity contribution in [1.82, 2.24) is 20.4 Å². The van der Waals surface area contributed by atoms with Gasteiger partial charge in [0, 0.05) is 36.9 Å². The molecule has 2 rings (SSSR count). The molecule has 0 radical (unpaired) electrons. The highest BCUT2D eigenvalue weighted by molar-refractivity contribution is 5.69. The molecule has 6 heteroatoms. The summed E-state index contributed by atoms with van der Waals surface area (Å²) in [6, 6.07) is 1.10. The third kappa shape index (κ3) is 5.62. The summed E-state index contributed by atoms with van der Waals surface area (Å²) in [5.74, 6) is 0.683. The largest absolute Gasteiger partial charge is 0.442 e. The Balaban J connectivity index is 1.78. The Kier molecular flexibility index (Phi) is 5.81. The first-order valence-electron chi connectivity index (χ1n) is 8.48. The quantitative estimate of drug-likeness (QED) is 0.891. The highest BCUT2D eigenvalue weighted by atomic mass is 16.6. The molecule has 0 saturated carbocycles. The highest BCUT2D eigenvalue weighted by Crippen LogP contribution is 2.15. The number of carbonyl (C=O) groups excluding carboxylic acids is 1. The van der Waals surface area contributed by atoms with Gasteiger partial charge in [-0.1, -0.05) is 13.8 Å². The average Bonchev–Trinajstić information content (AvgIpc) is 2.93. The van der Waals surface area contributed by atoms with Crippen molar-refractivity contribution in [2.24, 2.45) is 5.92 Å². The van der Waals surface area contributed by atoms with Crippen molar-refractivity contribution in [2.75, 3.05) is 6.54 Å². The van der Waals surface area contributed by atoms with Crippen LogP contribution in [0.4, 0.5) is 4.79 Å². The van der Waals surface area contributed by atoms with Crippen LogP contribution in [0.15, 0.2) is 12.4 Å². The maximum absolute atomic E-state index is 11.9. The van der Waals surface area contributed by atoms with Gasteiger partial charge in [0.1, 0.15) is 5.60 Å². The van der Waals surface area contributed by atoms with Gasteiger partial charge in [-0.05, 0) is 39.5 Å². The molecule has 2 unspecified atom stereocenters. The van der Waals surface area contributed by atoms with Crippen molar-refractivity contribution in [2.45, 2.75) is 71.7 Å². The van der Waals surface area contributed by atoms with Crippen LogP contribution in [0.3, 0.4) is 0 Å². The van der Waals surface area contributed by atoms with Gasteiger partial charge in [0.15, 0.2) is 0 Å². The minimum Gasteiger partial charge on any atom is -0.442 e. The summed E-state index contributed by atoms with van der Waals surface area (Å²) in [5.41, 5.74) is 0.476. The van der Waals surface area contributed by atoms with Crippen molar-refractivity contribution < 1.29 is 9.53 Å². The topological polar surface area (TPSA) is 68.2 Å². The zero-order valence-electron chi connectivity index (χ0n) is 14.9. The summed E-state index contributed by atoms with van der Waals surface area (Å²) in [7, 11) is 0. The van der Waals surface area contributed by atoms with E-state index in [0.717, 1.165) is 12.1 Å². The minimum absolute atomic E-state index is 0.442. The Hall–Kier alpha value is -1.40. The van der Waals surface area contributed by atoms with Gasteiger partial charge >= 0.3 is 6.09 Å². The Morgan fingerprint density at radius 2 is 2.22 bits per heavy atom. The minimum atomic E-state index is -0.512. The number of nitrogens with one attached hydrogen (secondary N) is 2. The van der Waals surface area contributed by atoms with Crippen molar-refractivity contribution >= 4 is 6.09 Å². The van der Waals surface area contributed by atoms with Gasteiger partial charge < -0.3 is 15.4 Å². The first kappa shape index (κ1) is 17.9. The van der Waals surface area contributed by atoms with E-state index in [9.17, 15) is 4.79 Å². The molecule has 130 valence electrons. The van der Waals surface area contributed by atoms with Crippen LogP contribution < -0.4 is 10.6 Å². The summed E-state index contributed by atoms with van der Waals surface area (Å²) < 4.78 is 6.56. The lowest BCUT2D eigenvalue weighted by atomic mass is 9.93. The Morgan fingerprint density at radius 3 is 2.78 bits per heavy atom. The second kappa shape index (κ2) is 7.45. The molecule has 0 spiro atoms. The van der Waals surface area contributed by atoms with Crippen molar-refractivity contribution in [1.29, 1.82) is 0 Å². The van der Waals surface area contributed by atoms with E-state index in [1.54, 1.807) is 12.4 Å². The first-order chi connectivity index (χ1) is 10.7. The molecule has 0 aliphatic carbocycles. The molecule has 1 saturated heterocycles. The van der Waals surface area contributed by atoms with Crippen LogP contribution in [0.5, 0.6) is 0 Å². The van der Waals surface area contributed by atoms with Crippen molar-refractivity contribution in [3.63, 3.8) is 0 Å². The van der Waals surface area contributed by atoms with Crippen LogP contribution in [-0.4, -0.2) is 40.1 Å². The van der Waals surface area contributed by atoms with E-state index in [2.05, 4.69) is 29.6 Å². The van der Waals surface area contributed by atoms with E-state index in [1.165, 1.54) is 17.5 Å². The number of aromatic nitrogens is 2. The molecule has 2 atom stereocenters. The molecule has 0 aromatic carbocycles. The molecule has 0 amide bonds. The molecule has 1 fully saturated rings. The average molecular weight is 322 g/mol. The van der Waals surface area contributed by atoms with Crippen LogP contribution in [0.25, 0.3) is 0 Å². The number of piperidine rings is 1. The number of rotatable bonds is 4. The predicted molar refractivity (Wildman–Crippen MR) is 90.3 cm³/mol. The SMILES string of the molecule is CC(C)C1CCC(NCc2cnn(C(=O)OC(C)(C)C)c2)CN1. The van der Waals surface area contributed by atoms with E-state index in [0.29, 0.717) is 24.5 Å². The fourth-order valence-electron chi connectivity index (χ4n) is 2.74. The molecule has 0 bridgehead atoms. The smallest absolute Gasteiger partial charge is 0.435 e. The van der Waals surface area contributed by atoms with Crippen molar-refractivity contribution in [3.05, 3.63) is 18.0 Å². The van der Waals surface area contributed by atoms with Crippen LogP contribution in [0.1, 0.15) is 53.0 Å². The molecule has 1 aromatic rings. The van der Waals surface area contributed by atoms with Gasteiger partial charge in [-0.2, -0.15) is 9.78 Å². The molecule has 2 heterocycles. The Labute approximate surface area is 139 Å². The Morgan fingerprint density at radius 1 is 1.48 bits per heavy atom. The summed E-state index contributed by atoms with van der Waals surface area (Å²) in [6.45, 7) is 11.8. The van der Waals surface area contributed by atoms with E-state index >= 15 is 0 Å². The van der Waals surface area contributed by atoms with Gasteiger partial charge in [0.25, 0.3) is 0 Å². The lowest BCUT2D eigenvalue weighted by Crippen LogP contribution is -2.49. The molecule has 1 aliphatic rings. The zero-order chi connectivity index (χ0) is 17.0. The van der Waals surface area contributed by atoms with Gasteiger partial charge in [-0.3, -0.25) is 0 Å². The third-order valence-electron chi connectivity index (χ3n) is 4.07. The van der Waals surface area contributed by atoms with Crippen LogP contribution >= 0.6 is 0 Å². The predicted octanol–water partition coefficient (Wildman–Crippen LogP) is 2.53. The molecule has 1 aromatic heterocycles. The Bertz CT molecular complexity index is 511. The normalized spacial score (nSPS) is 22.3. The number of carbonyl (C=O) groups is 1. The summed E-state index contributed by atoms with van der Waals surface area (Å²) in [4.78, 5) is 11.9. The second-order valence-electron chi connectivity index (χ2n) is 7.69. The summed E-state index contributed by atoms with van der Waals surface area (Å²) >= 11 is 0. The lowest BCUT2D eigenvalue weighted by molar-refractivity contribution is 0.0514.